The number of fused-ring (bicyclic) bond motifs is 1. The Morgan fingerprint density at radius 1 is 1.50 bits per heavy atom. The van der Waals surface area contributed by atoms with Crippen LogP contribution in [0, 0.1) is 0 Å². The summed E-state index contributed by atoms with van der Waals surface area (Å²) in [5, 5.41) is 11.3. The number of benzene rings is 1. The fraction of sp³-hybridized carbons (Fsp3) is 0.182. The van der Waals surface area contributed by atoms with Crippen molar-refractivity contribution in [3.05, 3.63) is 18.2 Å². The molecule has 1 aromatic heterocycles. The Kier molecular flexibility index (Phi) is 3.42. The quantitative estimate of drug-likeness (QED) is 0.822. The Bertz CT molecular complexity index is 608. The van der Waals surface area contributed by atoms with Crippen molar-refractivity contribution in [2.24, 2.45) is 0 Å². The number of carbonyl (C=O) groups excluding carboxylic acids is 1. The maximum atomic E-state index is 11.3. The summed E-state index contributed by atoms with van der Waals surface area (Å²) in [6, 6.07) is 5.38. The van der Waals surface area contributed by atoms with E-state index < -0.39 is 18.3 Å². The lowest BCUT2D eigenvalue weighted by Gasteiger charge is -1.96. The molecule has 0 fully saturated rings. The molecular formula is C11H10N2O4S. The molecule has 0 aliphatic heterocycles. The molecule has 2 aromatic rings. The number of carboxylic acids is 1. The third-order valence-electron chi connectivity index (χ3n) is 2.15. The number of rotatable bonds is 4. The van der Waals surface area contributed by atoms with Gasteiger partial charge in [0, 0.05) is 6.07 Å². The van der Waals surface area contributed by atoms with Gasteiger partial charge in [-0.25, -0.2) is 4.98 Å². The van der Waals surface area contributed by atoms with Gasteiger partial charge in [0.1, 0.15) is 12.2 Å². The van der Waals surface area contributed by atoms with Crippen molar-refractivity contribution in [1.82, 2.24) is 4.98 Å². The Morgan fingerprint density at radius 2 is 2.28 bits per heavy atom. The molecule has 0 unspecified atom stereocenters. The number of carbonyl (C=O) groups is 2. The van der Waals surface area contributed by atoms with Crippen LogP contribution in [0.4, 0.5) is 5.13 Å². The zero-order valence-corrected chi connectivity index (χ0v) is 10.3. The van der Waals surface area contributed by atoms with Crippen molar-refractivity contribution in [3.63, 3.8) is 0 Å². The van der Waals surface area contributed by atoms with E-state index in [2.05, 4.69) is 10.3 Å². The average Bonchev–Trinajstić information content (AvgIpc) is 2.68. The van der Waals surface area contributed by atoms with Crippen LogP contribution in [-0.4, -0.2) is 29.1 Å². The average molecular weight is 266 g/mol. The molecule has 1 amide bonds. The highest BCUT2D eigenvalue weighted by Gasteiger charge is 2.11. The lowest BCUT2D eigenvalue weighted by molar-refractivity contribution is -0.139. The minimum absolute atomic E-state index is 0.379. The van der Waals surface area contributed by atoms with Gasteiger partial charge in [-0.1, -0.05) is 11.3 Å². The molecule has 1 aromatic carbocycles. The van der Waals surface area contributed by atoms with Crippen molar-refractivity contribution >= 4 is 38.6 Å². The van der Waals surface area contributed by atoms with Gasteiger partial charge in [-0.2, -0.15) is 0 Å². The predicted octanol–water partition coefficient (Wildman–Crippen LogP) is 1.72. The van der Waals surface area contributed by atoms with Gasteiger partial charge in [-0.3, -0.25) is 9.59 Å². The summed E-state index contributed by atoms with van der Waals surface area (Å²) in [5.74, 6) is -1.08. The first-order valence-electron chi connectivity index (χ1n) is 5.04. The fourth-order valence-corrected chi connectivity index (χ4v) is 2.25. The number of nitrogens with one attached hydrogen (secondary N) is 1. The zero-order chi connectivity index (χ0) is 13.1. The third-order valence-corrected chi connectivity index (χ3v) is 3.10. The van der Waals surface area contributed by atoms with Crippen LogP contribution in [0.5, 0.6) is 5.75 Å². The van der Waals surface area contributed by atoms with Crippen molar-refractivity contribution in [2.75, 3.05) is 12.4 Å². The second-order valence-electron chi connectivity index (χ2n) is 3.47. The summed E-state index contributed by atoms with van der Waals surface area (Å²) < 4.78 is 5.96. The number of amides is 1. The molecule has 1 heterocycles. The molecule has 2 N–H and O–H groups in total. The number of thiazole rings is 1. The molecular weight excluding hydrogens is 256 g/mol. The van der Waals surface area contributed by atoms with E-state index in [0.717, 1.165) is 4.70 Å². The van der Waals surface area contributed by atoms with Crippen molar-refractivity contribution in [3.8, 4) is 5.75 Å². The summed E-state index contributed by atoms with van der Waals surface area (Å²) >= 11 is 1.28. The van der Waals surface area contributed by atoms with E-state index in [1.807, 2.05) is 6.07 Å². The smallest absolute Gasteiger partial charge is 0.312 e. The van der Waals surface area contributed by atoms with Crippen LogP contribution < -0.4 is 10.1 Å². The number of aromatic nitrogens is 1. The van der Waals surface area contributed by atoms with Crippen LogP contribution in [0.3, 0.4) is 0 Å². The molecule has 0 bridgehead atoms. The minimum atomic E-state index is -1.17. The van der Waals surface area contributed by atoms with Crippen LogP contribution in [0.25, 0.3) is 10.2 Å². The molecule has 0 spiro atoms. The molecule has 6 nitrogen and oxygen atoms in total. The van der Waals surface area contributed by atoms with Crippen LogP contribution in [0.15, 0.2) is 18.2 Å². The van der Waals surface area contributed by atoms with Gasteiger partial charge >= 0.3 is 5.97 Å². The second kappa shape index (κ2) is 5.01. The van der Waals surface area contributed by atoms with Crippen molar-refractivity contribution in [1.29, 1.82) is 0 Å². The zero-order valence-electron chi connectivity index (χ0n) is 9.47. The van der Waals surface area contributed by atoms with Gasteiger partial charge in [0.15, 0.2) is 5.13 Å². The molecule has 0 saturated heterocycles. The van der Waals surface area contributed by atoms with E-state index in [1.54, 1.807) is 19.2 Å². The van der Waals surface area contributed by atoms with Crippen LogP contribution in [0.1, 0.15) is 6.42 Å². The van der Waals surface area contributed by atoms with Gasteiger partial charge < -0.3 is 15.2 Å². The highest BCUT2D eigenvalue weighted by molar-refractivity contribution is 7.22. The number of anilines is 1. The van der Waals surface area contributed by atoms with Gasteiger partial charge in [-0.05, 0) is 12.1 Å². The molecule has 7 heteroatoms. The Balaban J connectivity index is 2.19. The van der Waals surface area contributed by atoms with E-state index >= 15 is 0 Å². The predicted molar refractivity (Wildman–Crippen MR) is 67.1 cm³/mol. The summed E-state index contributed by atoms with van der Waals surface area (Å²) in [7, 11) is 1.56. The molecule has 18 heavy (non-hydrogen) atoms. The Labute approximate surface area is 106 Å². The highest BCUT2D eigenvalue weighted by atomic mass is 32.1. The van der Waals surface area contributed by atoms with Crippen molar-refractivity contribution in [2.45, 2.75) is 6.42 Å². The number of nitrogens with zero attached hydrogens (tertiary/aromatic N) is 1. The van der Waals surface area contributed by atoms with Crippen LogP contribution in [-0.2, 0) is 9.59 Å². The van der Waals surface area contributed by atoms with E-state index in [4.69, 9.17) is 9.84 Å². The summed E-state index contributed by atoms with van der Waals surface area (Å²) in [5.41, 5.74) is 0.699. The molecule has 0 atom stereocenters. The molecule has 0 radical (unpaired) electrons. The lowest BCUT2D eigenvalue weighted by Crippen LogP contribution is -2.15. The molecule has 2 rings (SSSR count). The minimum Gasteiger partial charge on any atom is -0.497 e. The highest BCUT2D eigenvalue weighted by Crippen LogP contribution is 2.28. The van der Waals surface area contributed by atoms with Crippen molar-refractivity contribution < 1.29 is 19.4 Å². The normalized spacial score (nSPS) is 10.3. The van der Waals surface area contributed by atoms with E-state index in [-0.39, 0.29) is 0 Å². The standard InChI is InChI=1S/C11H10N2O4S/c1-17-6-2-3-8-7(4-6)12-11(18-8)13-9(14)5-10(15)16/h2-4H,5H2,1H3,(H,15,16)(H,12,13,14). The Morgan fingerprint density at radius 3 is 2.94 bits per heavy atom. The number of methoxy groups -OCH3 is 1. The fourth-order valence-electron chi connectivity index (χ4n) is 1.39. The SMILES string of the molecule is COc1ccc2sc(NC(=O)CC(=O)O)nc2c1. The summed E-state index contributed by atoms with van der Waals surface area (Å²) in [6.45, 7) is 0. The molecule has 94 valence electrons. The number of hydrogen-bond donors (Lipinski definition) is 2. The lowest BCUT2D eigenvalue weighted by atomic mass is 10.3. The topological polar surface area (TPSA) is 88.5 Å². The number of aliphatic carboxylic acids is 1. The van der Waals surface area contributed by atoms with E-state index in [1.165, 1.54) is 11.3 Å². The summed E-state index contributed by atoms with van der Waals surface area (Å²) in [4.78, 5) is 25.8. The first kappa shape index (κ1) is 12.3. The van der Waals surface area contributed by atoms with Gasteiger partial charge in [-0.15, -0.1) is 0 Å². The monoisotopic (exact) mass is 266 g/mol. The molecule has 0 aliphatic rings. The first-order valence-corrected chi connectivity index (χ1v) is 5.86. The maximum absolute atomic E-state index is 11.3. The largest absolute Gasteiger partial charge is 0.497 e. The Hall–Kier alpha value is -2.15. The molecule has 0 saturated carbocycles. The second-order valence-corrected chi connectivity index (χ2v) is 4.50. The van der Waals surface area contributed by atoms with Gasteiger partial charge in [0.2, 0.25) is 5.91 Å². The number of carboxylic acid groups (broad SMARTS) is 1. The molecule has 0 aliphatic carbocycles. The van der Waals surface area contributed by atoms with E-state index in [9.17, 15) is 9.59 Å². The van der Waals surface area contributed by atoms with Crippen LogP contribution in [0.2, 0.25) is 0 Å². The van der Waals surface area contributed by atoms with Gasteiger partial charge in [0.05, 0.1) is 17.3 Å². The third kappa shape index (κ3) is 2.75. The maximum Gasteiger partial charge on any atom is 0.312 e. The van der Waals surface area contributed by atoms with Gasteiger partial charge in [0.25, 0.3) is 0 Å². The first-order chi connectivity index (χ1) is 8.58. The summed E-state index contributed by atoms with van der Waals surface area (Å²) in [6.07, 6.45) is -0.570. The number of ether oxygens (including phenoxy) is 1. The van der Waals surface area contributed by atoms with Crippen LogP contribution >= 0.6 is 11.3 Å². The van der Waals surface area contributed by atoms with E-state index in [0.29, 0.717) is 16.4 Å². The number of hydrogen-bond acceptors (Lipinski definition) is 5.